The Balaban J connectivity index is 1.77. The number of anilines is 1. The third-order valence-electron chi connectivity index (χ3n) is 3.27. The predicted octanol–water partition coefficient (Wildman–Crippen LogP) is 2.47. The number of nitrogens with zero attached hydrogens (tertiary/aromatic N) is 3. The summed E-state index contributed by atoms with van der Waals surface area (Å²) in [6, 6.07) is 4.12. The molecule has 0 atom stereocenters. The zero-order valence-electron chi connectivity index (χ0n) is 9.73. The second kappa shape index (κ2) is 4.18. The minimum absolute atomic E-state index is 0.380. The molecule has 1 aliphatic carbocycles. The molecule has 17 heavy (non-hydrogen) atoms. The molecule has 5 heteroatoms. The van der Waals surface area contributed by atoms with Crippen LogP contribution in [-0.4, -0.2) is 26.5 Å². The second-order valence-corrected chi connectivity index (χ2v) is 5.38. The first-order chi connectivity index (χ1) is 8.22. The van der Waals surface area contributed by atoms with Crippen molar-refractivity contribution >= 4 is 23.1 Å². The number of hydrogen-bond donors (Lipinski definition) is 1. The molecule has 0 unspecified atom stereocenters. The van der Waals surface area contributed by atoms with Crippen molar-refractivity contribution in [2.75, 3.05) is 11.9 Å². The molecule has 4 nitrogen and oxygen atoms in total. The highest BCUT2D eigenvalue weighted by Gasteiger charge is 2.26. The van der Waals surface area contributed by atoms with Crippen LogP contribution in [0.25, 0.3) is 5.65 Å². The fourth-order valence-electron chi connectivity index (χ4n) is 2.25. The highest BCUT2D eigenvalue weighted by Crippen LogP contribution is 2.31. The number of aromatic nitrogens is 3. The molecule has 1 saturated carbocycles. The highest BCUT2D eigenvalue weighted by molar-refractivity contribution is 6.21. The number of pyridine rings is 1. The smallest absolute Gasteiger partial charge is 0.157 e. The Morgan fingerprint density at radius 2 is 2.29 bits per heavy atom. The lowest BCUT2D eigenvalue weighted by atomic mass is 9.85. The van der Waals surface area contributed by atoms with Gasteiger partial charge in [-0.3, -0.25) is 0 Å². The quantitative estimate of drug-likeness (QED) is 0.851. The fourth-order valence-corrected chi connectivity index (χ4v) is 2.76. The van der Waals surface area contributed by atoms with Crippen molar-refractivity contribution in [1.29, 1.82) is 0 Å². The van der Waals surface area contributed by atoms with Gasteiger partial charge in [-0.05, 0) is 43.4 Å². The first kappa shape index (κ1) is 10.8. The Labute approximate surface area is 105 Å². The van der Waals surface area contributed by atoms with E-state index in [2.05, 4.69) is 28.4 Å². The molecule has 2 aromatic rings. The lowest BCUT2D eigenvalue weighted by Crippen LogP contribution is -2.30. The average molecular weight is 251 g/mol. The summed E-state index contributed by atoms with van der Waals surface area (Å²) < 4.78 is 1.84. The van der Waals surface area contributed by atoms with Crippen molar-refractivity contribution in [1.82, 2.24) is 14.6 Å². The van der Waals surface area contributed by atoms with Crippen LogP contribution in [0.15, 0.2) is 18.5 Å². The van der Waals surface area contributed by atoms with Crippen LogP contribution in [0, 0.1) is 12.8 Å². The van der Waals surface area contributed by atoms with E-state index in [4.69, 9.17) is 11.6 Å². The molecule has 1 aliphatic rings. The molecular weight excluding hydrogens is 236 g/mol. The summed E-state index contributed by atoms with van der Waals surface area (Å²) in [7, 11) is 0. The number of rotatable bonds is 3. The van der Waals surface area contributed by atoms with Crippen LogP contribution in [0.4, 0.5) is 5.82 Å². The van der Waals surface area contributed by atoms with Crippen LogP contribution in [0.5, 0.6) is 0 Å². The van der Waals surface area contributed by atoms with Gasteiger partial charge < -0.3 is 5.32 Å². The maximum Gasteiger partial charge on any atom is 0.157 e. The number of aryl methyl sites for hydroxylation is 1. The van der Waals surface area contributed by atoms with Gasteiger partial charge in [0.2, 0.25) is 0 Å². The van der Waals surface area contributed by atoms with Gasteiger partial charge in [-0.15, -0.1) is 11.6 Å². The van der Waals surface area contributed by atoms with E-state index < -0.39 is 0 Å². The lowest BCUT2D eigenvalue weighted by Gasteiger charge is -2.31. The average Bonchev–Trinajstić information content (AvgIpc) is 2.70. The topological polar surface area (TPSA) is 42.2 Å². The molecule has 90 valence electrons. The fraction of sp³-hybridized carbons (Fsp3) is 0.500. The van der Waals surface area contributed by atoms with E-state index in [0.717, 1.165) is 30.9 Å². The van der Waals surface area contributed by atoms with E-state index in [9.17, 15) is 0 Å². The van der Waals surface area contributed by atoms with Gasteiger partial charge in [-0.25, -0.2) is 4.98 Å². The molecular formula is C12H15ClN4. The van der Waals surface area contributed by atoms with E-state index in [1.54, 1.807) is 6.33 Å². The van der Waals surface area contributed by atoms with Gasteiger partial charge in [0.05, 0.1) is 0 Å². The van der Waals surface area contributed by atoms with Crippen LogP contribution in [0.3, 0.4) is 0 Å². The molecule has 2 aromatic heterocycles. The minimum atomic E-state index is 0.380. The number of alkyl halides is 1. The number of fused-ring (bicyclic) bond motifs is 1. The second-order valence-electron chi connectivity index (χ2n) is 4.76. The summed E-state index contributed by atoms with van der Waals surface area (Å²) in [5.41, 5.74) is 2.08. The SMILES string of the molecule is Cc1cc(NCC2CC(Cl)C2)n2ncnc2c1. The minimum Gasteiger partial charge on any atom is -0.370 e. The van der Waals surface area contributed by atoms with Gasteiger partial charge in [0.15, 0.2) is 5.65 Å². The van der Waals surface area contributed by atoms with Crippen molar-refractivity contribution in [3.05, 3.63) is 24.0 Å². The molecule has 0 amide bonds. The van der Waals surface area contributed by atoms with Crippen LogP contribution in [-0.2, 0) is 0 Å². The third kappa shape index (κ3) is 2.09. The van der Waals surface area contributed by atoms with Gasteiger partial charge in [-0.1, -0.05) is 0 Å². The first-order valence-electron chi connectivity index (χ1n) is 5.90. The van der Waals surface area contributed by atoms with Crippen molar-refractivity contribution in [3.8, 4) is 0 Å². The Bertz CT molecular complexity index is 530. The van der Waals surface area contributed by atoms with Gasteiger partial charge >= 0.3 is 0 Å². The maximum atomic E-state index is 5.97. The summed E-state index contributed by atoms with van der Waals surface area (Å²) in [5.74, 6) is 1.70. The molecule has 3 rings (SSSR count). The van der Waals surface area contributed by atoms with Crippen LogP contribution < -0.4 is 5.32 Å². The molecule has 1 N–H and O–H groups in total. The largest absolute Gasteiger partial charge is 0.370 e. The monoisotopic (exact) mass is 250 g/mol. The van der Waals surface area contributed by atoms with Crippen molar-refractivity contribution in [3.63, 3.8) is 0 Å². The molecule has 0 aliphatic heterocycles. The Morgan fingerprint density at radius 3 is 3.06 bits per heavy atom. The van der Waals surface area contributed by atoms with E-state index in [0.29, 0.717) is 11.3 Å². The highest BCUT2D eigenvalue weighted by atomic mass is 35.5. The zero-order chi connectivity index (χ0) is 11.8. The molecule has 0 bridgehead atoms. The van der Waals surface area contributed by atoms with Crippen molar-refractivity contribution in [2.45, 2.75) is 25.1 Å². The van der Waals surface area contributed by atoms with Crippen LogP contribution in [0.1, 0.15) is 18.4 Å². The molecule has 0 saturated heterocycles. The maximum absolute atomic E-state index is 5.97. The molecule has 0 spiro atoms. The summed E-state index contributed by atoms with van der Waals surface area (Å²) in [6.45, 7) is 3.03. The standard InChI is InChI=1S/C12H15ClN4/c1-8-2-11(14-6-9-4-10(13)5-9)17-12(3-8)15-7-16-17/h2-3,7,9-10,14H,4-6H2,1H3. The first-order valence-corrected chi connectivity index (χ1v) is 6.34. The summed E-state index contributed by atoms with van der Waals surface area (Å²) in [6.07, 6.45) is 3.81. The molecule has 0 aromatic carbocycles. The number of hydrogen-bond acceptors (Lipinski definition) is 3. The predicted molar refractivity (Wildman–Crippen MR) is 68.6 cm³/mol. The number of nitrogens with one attached hydrogen (secondary N) is 1. The van der Waals surface area contributed by atoms with E-state index in [-0.39, 0.29) is 0 Å². The Hall–Kier alpha value is -1.29. The summed E-state index contributed by atoms with van der Waals surface area (Å²) in [5, 5.41) is 8.03. The van der Waals surface area contributed by atoms with Gasteiger partial charge in [-0.2, -0.15) is 9.61 Å². The molecule has 2 heterocycles. The van der Waals surface area contributed by atoms with Crippen LogP contribution in [0.2, 0.25) is 0 Å². The van der Waals surface area contributed by atoms with Gasteiger partial charge in [0.1, 0.15) is 12.1 Å². The van der Waals surface area contributed by atoms with Crippen molar-refractivity contribution in [2.24, 2.45) is 5.92 Å². The Morgan fingerprint density at radius 1 is 1.47 bits per heavy atom. The van der Waals surface area contributed by atoms with E-state index in [1.165, 1.54) is 5.56 Å². The van der Waals surface area contributed by atoms with E-state index >= 15 is 0 Å². The Kier molecular flexibility index (Phi) is 2.67. The third-order valence-corrected chi connectivity index (χ3v) is 3.63. The van der Waals surface area contributed by atoms with E-state index in [1.807, 2.05) is 10.6 Å². The zero-order valence-corrected chi connectivity index (χ0v) is 10.5. The van der Waals surface area contributed by atoms with Gasteiger partial charge in [0, 0.05) is 11.9 Å². The van der Waals surface area contributed by atoms with Gasteiger partial charge in [0.25, 0.3) is 0 Å². The molecule has 1 fully saturated rings. The van der Waals surface area contributed by atoms with Crippen molar-refractivity contribution < 1.29 is 0 Å². The molecule has 0 radical (unpaired) electrons. The number of halogens is 1. The van der Waals surface area contributed by atoms with Crippen LogP contribution >= 0.6 is 11.6 Å². The summed E-state index contributed by atoms with van der Waals surface area (Å²) in [4.78, 5) is 4.20. The summed E-state index contributed by atoms with van der Waals surface area (Å²) >= 11 is 5.97. The lowest BCUT2D eigenvalue weighted by molar-refractivity contribution is 0.341. The normalized spacial score (nSPS) is 23.6.